The lowest BCUT2D eigenvalue weighted by atomic mass is 10.1. The second-order valence-corrected chi connectivity index (χ2v) is 6.39. The SMILES string of the molecule is CC(C)(C)N1CC(NC(=O)NCc2ccccc2)CC1=O. The highest BCUT2D eigenvalue weighted by atomic mass is 16.2. The smallest absolute Gasteiger partial charge is 0.315 e. The van der Waals surface area contributed by atoms with Crippen molar-refractivity contribution in [3.63, 3.8) is 0 Å². The average molecular weight is 289 g/mol. The lowest BCUT2D eigenvalue weighted by molar-refractivity contribution is -0.131. The number of nitrogens with one attached hydrogen (secondary N) is 2. The summed E-state index contributed by atoms with van der Waals surface area (Å²) in [6.45, 7) is 7.06. The molecule has 1 heterocycles. The zero-order valence-corrected chi connectivity index (χ0v) is 12.8. The highest BCUT2D eigenvalue weighted by Crippen LogP contribution is 2.21. The molecule has 0 aromatic heterocycles. The molecule has 21 heavy (non-hydrogen) atoms. The number of amides is 3. The minimum atomic E-state index is -0.229. The first-order valence-electron chi connectivity index (χ1n) is 7.25. The molecule has 0 aliphatic carbocycles. The van der Waals surface area contributed by atoms with Crippen LogP contribution in [0.1, 0.15) is 32.8 Å². The Balaban J connectivity index is 1.80. The van der Waals surface area contributed by atoms with Crippen molar-refractivity contribution in [2.45, 2.75) is 45.3 Å². The summed E-state index contributed by atoms with van der Waals surface area (Å²) in [7, 11) is 0. The third-order valence-electron chi connectivity index (χ3n) is 3.57. The topological polar surface area (TPSA) is 61.4 Å². The van der Waals surface area contributed by atoms with E-state index in [0.29, 0.717) is 19.5 Å². The maximum absolute atomic E-state index is 11.9. The van der Waals surface area contributed by atoms with Gasteiger partial charge in [-0.25, -0.2) is 4.79 Å². The Kier molecular flexibility index (Phi) is 4.50. The van der Waals surface area contributed by atoms with E-state index in [2.05, 4.69) is 10.6 Å². The van der Waals surface area contributed by atoms with Crippen LogP contribution in [0.5, 0.6) is 0 Å². The van der Waals surface area contributed by atoms with Crippen molar-refractivity contribution in [2.24, 2.45) is 0 Å². The number of nitrogens with zero attached hydrogens (tertiary/aromatic N) is 1. The Morgan fingerprint density at radius 3 is 2.52 bits per heavy atom. The van der Waals surface area contributed by atoms with E-state index >= 15 is 0 Å². The Labute approximate surface area is 125 Å². The fourth-order valence-electron chi connectivity index (χ4n) is 2.47. The molecule has 0 saturated carbocycles. The molecule has 5 nitrogen and oxygen atoms in total. The zero-order valence-electron chi connectivity index (χ0n) is 12.8. The molecule has 1 aliphatic rings. The van der Waals surface area contributed by atoms with Crippen LogP contribution in [0.2, 0.25) is 0 Å². The molecule has 1 aromatic rings. The Morgan fingerprint density at radius 1 is 1.29 bits per heavy atom. The molecule has 1 aromatic carbocycles. The van der Waals surface area contributed by atoms with Gasteiger partial charge in [0.1, 0.15) is 0 Å². The third kappa shape index (κ3) is 4.21. The van der Waals surface area contributed by atoms with Gasteiger partial charge in [-0.15, -0.1) is 0 Å². The molecule has 5 heteroatoms. The van der Waals surface area contributed by atoms with Crippen LogP contribution >= 0.6 is 0 Å². The van der Waals surface area contributed by atoms with E-state index in [1.807, 2.05) is 56.0 Å². The molecule has 3 amide bonds. The van der Waals surface area contributed by atoms with Crippen molar-refractivity contribution >= 4 is 11.9 Å². The van der Waals surface area contributed by atoms with Crippen LogP contribution in [0.25, 0.3) is 0 Å². The van der Waals surface area contributed by atoms with E-state index in [4.69, 9.17) is 0 Å². The van der Waals surface area contributed by atoms with E-state index in [0.717, 1.165) is 5.56 Å². The molecule has 2 N–H and O–H groups in total. The molecular formula is C16H23N3O2. The molecule has 1 aliphatic heterocycles. The predicted octanol–water partition coefficient (Wildman–Crippen LogP) is 1.89. The van der Waals surface area contributed by atoms with Crippen LogP contribution in [0.4, 0.5) is 4.79 Å². The third-order valence-corrected chi connectivity index (χ3v) is 3.57. The van der Waals surface area contributed by atoms with Gasteiger partial charge in [0.25, 0.3) is 0 Å². The molecule has 1 fully saturated rings. The maximum atomic E-state index is 11.9. The summed E-state index contributed by atoms with van der Waals surface area (Å²) in [6.07, 6.45) is 0.371. The van der Waals surface area contributed by atoms with E-state index in [9.17, 15) is 9.59 Å². The van der Waals surface area contributed by atoms with Gasteiger partial charge < -0.3 is 15.5 Å². The van der Waals surface area contributed by atoms with Gasteiger partial charge in [-0.2, -0.15) is 0 Å². The summed E-state index contributed by atoms with van der Waals surface area (Å²) in [5.41, 5.74) is 0.847. The number of benzene rings is 1. The summed E-state index contributed by atoms with van der Waals surface area (Å²) < 4.78 is 0. The van der Waals surface area contributed by atoms with Gasteiger partial charge in [0.2, 0.25) is 5.91 Å². The van der Waals surface area contributed by atoms with Crippen LogP contribution in [0, 0.1) is 0 Å². The monoisotopic (exact) mass is 289 g/mol. The molecule has 1 atom stereocenters. The van der Waals surface area contributed by atoms with Gasteiger partial charge in [0.15, 0.2) is 0 Å². The predicted molar refractivity (Wildman–Crippen MR) is 81.7 cm³/mol. The number of carbonyl (C=O) groups is 2. The van der Waals surface area contributed by atoms with Gasteiger partial charge in [0.05, 0.1) is 6.04 Å². The summed E-state index contributed by atoms with van der Waals surface area (Å²) in [5, 5.41) is 5.68. The quantitative estimate of drug-likeness (QED) is 0.892. The molecule has 0 spiro atoms. The Hall–Kier alpha value is -2.04. The number of urea groups is 1. The first-order valence-corrected chi connectivity index (χ1v) is 7.25. The van der Waals surface area contributed by atoms with Crippen molar-refractivity contribution in [1.29, 1.82) is 0 Å². The molecule has 2 rings (SSSR count). The van der Waals surface area contributed by atoms with Crippen LogP contribution in [0.3, 0.4) is 0 Å². The number of likely N-dealkylation sites (tertiary alicyclic amines) is 1. The minimum absolute atomic E-state index is 0.0934. The molecule has 0 bridgehead atoms. The lowest BCUT2D eigenvalue weighted by Crippen LogP contribution is -2.46. The summed E-state index contributed by atoms with van der Waals surface area (Å²) in [6, 6.07) is 9.38. The molecular weight excluding hydrogens is 266 g/mol. The number of rotatable bonds is 3. The summed E-state index contributed by atoms with van der Waals surface area (Å²) in [4.78, 5) is 25.6. The lowest BCUT2D eigenvalue weighted by Gasteiger charge is -2.32. The standard InChI is InChI=1S/C16H23N3O2/c1-16(2,3)19-11-13(9-14(19)20)18-15(21)17-10-12-7-5-4-6-8-12/h4-8,13H,9-11H2,1-3H3,(H2,17,18,21). The van der Waals surface area contributed by atoms with Crippen LogP contribution in [-0.2, 0) is 11.3 Å². The van der Waals surface area contributed by atoms with Crippen molar-refractivity contribution in [2.75, 3.05) is 6.54 Å². The molecule has 0 radical (unpaired) electrons. The molecule has 114 valence electrons. The van der Waals surface area contributed by atoms with E-state index in [1.54, 1.807) is 0 Å². The minimum Gasteiger partial charge on any atom is -0.336 e. The normalized spacial score (nSPS) is 18.7. The average Bonchev–Trinajstić information content (AvgIpc) is 2.78. The highest BCUT2D eigenvalue weighted by Gasteiger charge is 2.36. The largest absolute Gasteiger partial charge is 0.336 e. The van der Waals surface area contributed by atoms with Crippen molar-refractivity contribution in [1.82, 2.24) is 15.5 Å². The molecule has 1 saturated heterocycles. The summed E-state index contributed by atoms with van der Waals surface area (Å²) in [5.74, 6) is 0.0934. The van der Waals surface area contributed by atoms with Gasteiger partial charge in [-0.1, -0.05) is 30.3 Å². The Morgan fingerprint density at radius 2 is 1.95 bits per heavy atom. The van der Waals surface area contributed by atoms with E-state index in [-0.39, 0.29) is 23.5 Å². The van der Waals surface area contributed by atoms with Crippen LogP contribution in [0.15, 0.2) is 30.3 Å². The van der Waals surface area contributed by atoms with Crippen LogP contribution < -0.4 is 10.6 Å². The maximum Gasteiger partial charge on any atom is 0.315 e. The first-order chi connectivity index (χ1) is 9.86. The van der Waals surface area contributed by atoms with Gasteiger partial charge in [-0.05, 0) is 26.3 Å². The number of hydrogen-bond acceptors (Lipinski definition) is 2. The van der Waals surface area contributed by atoms with Crippen molar-refractivity contribution < 1.29 is 9.59 Å². The summed E-state index contributed by atoms with van der Waals surface area (Å²) >= 11 is 0. The zero-order chi connectivity index (χ0) is 15.5. The van der Waals surface area contributed by atoms with Gasteiger partial charge in [-0.3, -0.25) is 4.79 Å². The molecule has 1 unspecified atom stereocenters. The second kappa shape index (κ2) is 6.16. The van der Waals surface area contributed by atoms with Crippen molar-refractivity contribution in [3.05, 3.63) is 35.9 Å². The fourth-order valence-corrected chi connectivity index (χ4v) is 2.47. The number of carbonyl (C=O) groups excluding carboxylic acids is 2. The second-order valence-electron chi connectivity index (χ2n) is 6.39. The Bertz CT molecular complexity index is 508. The first kappa shape index (κ1) is 15.4. The van der Waals surface area contributed by atoms with E-state index < -0.39 is 0 Å². The van der Waals surface area contributed by atoms with Gasteiger partial charge in [0, 0.05) is 25.0 Å². The fraction of sp³-hybridized carbons (Fsp3) is 0.500. The van der Waals surface area contributed by atoms with Crippen LogP contribution in [-0.4, -0.2) is 35.0 Å². The highest BCUT2D eigenvalue weighted by molar-refractivity contribution is 5.82. The number of hydrogen-bond donors (Lipinski definition) is 2. The van der Waals surface area contributed by atoms with Gasteiger partial charge >= 0.3 is 6.03 Å². The van der Waals surface area contributed by atoms with E-state index in [1.165, 1.54) is 0 Å². The van der Waals surface area contributed by atoms with Crippen molar-refractivity contribution in [3.8, 4) is 0 Å².